The van der Waals surface area contributed by atoms with Crippen LogP contribution in [0.4, 0.5) is 13.6 Å². The van der Waals surface area contributed by atoms with Crippen LogP contribution in [0.15, 0.2) is 52.0 Å². The molecular formula is C18H17BrF2N2O2. The SMILES string of the molecule is CC(C)(C)OC(=O)NN=C(c1ccc(F)cc1)c1ccc(Br)cc1F. The van der Waals surface area contributed by atoms with Gasteiger partial charge in [0.05, 0.1) is 0 Å². The molecule has 0 saturated heterocycles. The van der Waals surface area contributed by atoms with Crippen molar-refractivity contribution >= 4 is 27.7 Å². The lowest BCUT2D eigenvalue weighted by Gasteiger charge is -2.18. The molecule has 0 heterocycles. The zero-order valence-electron chi connectivity index (χ0n) is 13.9. The van der Waals surface area contributed by atoms with E-state index in [4.69, 9.17) is 4.74 Å². The molecule has 7 heteroatoms. The Bertz CT molecular complexity index is 800. The van der Waals surface area contributed by atoms with Gasteiger partial charge in [-0.25, -0.2) is 19.0 Å². The van der Waals surface area contributed by atoms with Crippen LogP contribution in [-0.4, -0.2) is 17.4 Å². The van der Waals surface area contributed by atoms with E-state index >= 15 is 0 Å². The third kappa shape index (κ3) is 5.63. The Hall–Kier alpha value is -2.28. The summed E-state index contributed by atoms with van der Waals surface area (Å²) in [4.78, 5) is 11.8. The Morgan fingerprint density at radius 2 is 1.76 bits per heavy atom. The molecule has 0 aliphatic rings. The lowest BCUT2D eigenvalue weighted by atomic mass is 10.0. The number of benzene rings is 2. The summed E-state index contributed by atoms with van der Waals surface area (Å²) < 4.78 is 33.2. The molecule has 132 valence electrons. The van der Waals surface area contributed by atoms with Crippen molar-refractivity contribution in [3.8, 4) is 0 Å². The van der Waals surface area contributed by atoms with Gasteiger partial charge in [0.15, 0.2) is 0 Å². The number of carbonyl (C=O) groups is 1. The second-order valence-electron chi connectivity index (χ2n) is 6.21. The Morgan fingerprint density at radius 1 is 1.12 bits per heavy atom. The quantitative estimate of drug-likeness (QED) is 0.571. The highest BCUT2D eigenvalue weighted by Crippen LogP contribution is 2.19. The topological polar surface area (TPSA) is 50.7 Å². The molecule has 0 spiro atoms. The van der Waals surface area contributed by atoms with Crippen molar-refractivity contribution in [2.24, 2.45) is 5.10 Å². The molecule has 1 N–H and O–H groups in total. The summed E-state index contributed by atoms with van der Waals surface area (Å²) in [7, 11) is 0. The van der Waals surface area contributed by atoms with E-state index in [2.05, 4.69) is 26.5 Å². The zero-order chi connectivity index (χ0) is 18.6. The van der Waals surface area contributed by atoms with Gasteiger partial charge in [-0.05, 0) is 63.2 Å². The first-order valence-electron chi connectivity index (χ1n) is 7.44. The second kappa shape index (κ2) is 7.74. The van der Waals surface area contributed by atoms with Crippen molar-refractivity contribution in [3.63, 3.8) is 0 Å². The van der Waals surface area contributed by atoms with E-state index < -0.39 is 23.3 Å². The van der Waals surface area contributed by atoms with Gasteiger partial charge in [-0.1, -0.05) is 15.9 Å². The molecule has 2 rings (SSSR count). The number of nitrogens with one attached hydrogen (secondary N) is 1. The number of hydrogen-bond donors (Lipinski definition) is 1. The van der Waals surface area contributed by atoms with Crippen molar-refractivity contribution in [3.05, 3.63) is 69.7 Å². The van der Waals surface area contributed by atoms with E-state index in [-0.39, 0.29) is 11.3 Å². The number of ether oxygens (including phenoxy) is 1. The number of amides is 1. The fraction of sp³-hybridized carbons (Fsp3) is 0.222. The zero-order valence-corrected chi connectivity index (χ0v) is 15.5. The van der Waals surface area contributed by atoms with Crippen LogP contribution in [-0.2, 0) is 4.74 Å². The van der Waals surface area contributed by atoms with Gasteiger partial charge in [-0.3, -0.25) is 0 Å². The molecule has 0 aliphatic carbocycles. The van der Waals surface area contributed by atoms with Gasteiger partial charge in [0, 0.05) is 15.6 Å². The summed E-state index contributed by atoms with van der Waals surface area (Å²) in [5.74, 6) is -0.970. The number of carbonyl (C=O) groups excluding carboxylic acids is 1. The average molecular weight is 411 g/mol. The minimum absolute atomic E-state index is 0.149. The summed E-state index contributed by atoms with van der Waals surface area (Å²) in [5.41, 5.74) is 2.30. The van der Waals surface area contributed by atoms with Crippen LogP contribution in [0.3, 0.4) is 0 Å². The van der Waals surface area contributed by atoms with Crippen molar-refractivity contribution in [2.75, 3.05) is 0 Å². The molecule has 0 aromatic heterocycles. The molecule has 0 aliphatic heterocycles. The van der Waals surface area contributed by atoms with Crippen LogP contribution in [0.2, 0.25) is 0 Å². The number of nitrogens with zero attached hydrogens (tertiary/aromatic N) is 1. The van der Waals surface area contributed by atoms with Gasteiger partial charge < -0.3 is 4.74 Å². The third-order valence-electron chi connectivity index (χ3n) is 2.96. The molecule has 25 heavy (non-hydrogen) atoms. The highest BCUT2D eigenvalue weighted by atomic mass is 79.9. The Balaban J connectivity index is 2.40. The van der Waals surface area contributed by atoms with E-state index in [0.29, 0.717) is 10.0 Å². The van der Waals surface area contributed by atoms with Crippen LogP contribution in [0.25, 0.3) is 0 Å². The van der Waals surface area contributed by atoms with E-state index in [1.54, 1.807) is 26.8 Å². The molecule has 0 fully saturated rings. The highest BCUT2D eigenvalue weighted by molar-refractivity contribution is 9.10. The molecule has 2 aromatic rings. The van der Waals surface area contributed by atoms with E-state index in [9.17, 15) is 13.6 Å². The number of rotatable bonds is 3. The van der Waals surface area contributed by atoms with Crippen LogP contribution >= 0.6 is 15.9 Å². The van der Waals surface area contributed by atoms with Crippen molar-refractivity contribution in [2.45, 2.75) is 26.4 Å². The molecule has 4 nitrogen and oxygen atoms in total. The first-order chi connectivity index (χ1) is 11.7. The first kappa shape index (κ1) is 19.1. The maximum Gasteiger partial charge on any atom is 0.428 e. The summed E-state index contributed by atoms with van der Waals surface area (Å²) in [6.45, 7) is 5.14. The van der Waals surface area contributed by atoms with Gasteiger partial charge in [0.25, 0.3) is 0 Å². The van der Waals surface area contributed by atoms with Gasteiger partial charge >= 0.3 is 6.09 Å². The monoisotopic (exact) mass is 410 g/mol. The van der Waals surface area contributed by atoms with Gasteiger partial charge in [0.1, 0.15) is 22.9 Å². The smallest absolute Gasteiger partial charge is 0.428 e. The third-order valence-corrected chi connectivity index (χ3v) is 3.46. The molecule has 0 atom stereocenters. The number of hydrazone groups is 1. The molecule has 0 radical (unpaired) electrons. The molecule has 2 aromatic carbocycles. The standard InChI is InChI=1S/C18H17BrF2N2O2/c1-18(2,3)25-17(24)23-22-16(11-4-7-13(20)8-5-11)14-9-6-12(19)10-15(14)21/h4-10H,1-3H3,(H,23,24). The average Bonchev–Trinajstić information content (AvgIpc) is 2.49. The predicted octanol–water partition coefficient (Wildman–Crippen LogP) is 5.00. The minimum atomic E-state index is -0.773. The Morgan fingerprint density at radius 3 is 2.32 bits per heavy atom. The van der Waals surface area contributed by atoms with E-state index in [1.807, 2.05) is 0 Å². The fourth-order valence-electron chi connectivity index (χ4n) is 1.97. The minimum Gasteiger partial charge on any atom is -0.443 e. The second-order valence-corrected chi connectivity index (χ2v) is 7.12. The van der Waals surface area contributed by atoms with Crippen molar-refractivity contribution < 1.29 is 18.3 Å². The van der Waals surface area contributed by atoms with Gasteiger partial charge in [0.2, 0.25) is 0 Å². The van der Waals surface area contributed by atoms with Gasteiger partial charge in [-0.15, -0.1) is 0 Å². The van der Waals surface area contributed by atoms with Gasteiger partial charge in [-0.2, -0.15) is 5.10 Å². The van der Waals surface area contributed by atoms with Crippen molar-refractivity contribution in [1.82, 2.24) is 5.43 Å². The predicted molar refractivity (Wildman–Crippen MR) is 95.5 cm³/mol. The maximum absolute atomic E-state index is 14.3. The van der Waals surface area contributed by atoms with Crippen LogP contribution < -0.4 is 5.43 Å². The molecular weight excluding hydrogens is 394 g/mol. The van der Waals surface area contributed by atoms with E-state index in [0.717, 1.165) is 0 Å². The maximum atomic E-state index is 14.3. The normalized spacial score (nSPS) is 12.0. The summed E-state index contributed by atoms with van der Waals surface area (Å²) in [6, 6.07) is 9.80. The van der Waals surface area contributed by atoms with Crippen LogP contribution in [0.5, 0.6) is 0 Å². The Kier molecular flexibility index (Phi) is 5.89. The number of hydrogen-bond acceptors (Lipinski definition) is 3. The largest absolute Gasteiger partial charge is 0.443 e. The summed E-state index contributed by atoms with van der Waals surface area (Å²) >= 11 is 3.19. The Labute approximate surface area is 153 Å². The highest BCUT2D eigenvalue weighted by Gasteiger charge is 2.17. The van der Waals surface area contributed by atoms with Crippen LogP contribution in [0, 0.1) is 11.6 Å². The number of halogens is 3. The van der Waals surface area contributed by atoms with E-state index in [1.165, 1.54) is 36.4 Å². The lowest BCUT2D eigenvalue weighted by Crippen LogP contribution is -2.30. The molecule has 1 amide bonds. The molecule has 0 saturated carbocycles. The fourth-order valence-corrected chi connectivity index (χ4v) is 2.31. The summed E-state index contributed by atoms with van der Waals surface area (Å²) in [6.07, 6.45) is -0.773. The lowest BCUT2D eigenvalue weighted by molar-refractivity contribution is 0.0529. The van der Waals surface area contributed by atoms with Crippen LogP contribution in [0.1, 0.15) is 31.9 Å². The van der Waals surface area contributed by atoms with Crippen molar-refractivity contribution in [1.29, 1.82) is 0 Å². The molecule has 0 unspecified atom stereocenters. The summed E-state index contributed by atoms with van der Waals surface area (Å²) in [5, 5.41) is 3.98. The first-order valence-corrected chi connectivity index (χ1v) is 8.23. The molecule has 0 bridgehead atoms.